The van der Waals surface area contributed by atoms with E-state index in [2.05, 4.69) is 20.8 Å². The smallest absolute Gasteiger partial charge is 0.0681 e. The molecule has 5 unspecified atom stereocenters. The monoisotopic (exact) mass is 226 g/mol. The van der Waals surface area contributed by atoms with Gasteiger partial charge in [0, 0.05) is 11.8 Å². The Labute approximate surface area is 99.4 Å². The summed E-state index contributed by atoms with van der Waals surface area (Å²) in [6, 6.07) is 0. The summed E-state index contributed by atoms with van der Waals surface area (Å²) in [6.07, 6.45) is 7.56. The quantitative estimate of drug-likeness (QED) is 0.801. The van der Waals surface area contributed by atoms with Crippen molar-refractivity contribution in [3.63, 3.8) is 0 Å². The van der Waals surface area contributed by atoms with Crippen molar-refractivity contribution in [2.24, 2.45) is 11.3 Å². The van der Waals surface area contributed by atoms with Crippen LogP contribution >= 0.6 is 0 Å². The van der Waals surface area contributed by atoms with Crippen molar-refractivity contribution in [2.45, 2.75) is 77.6 Å². The Hall–Kier alpha value is -0.0800. The lowest BCUT2D eigenvalue weighted by Gasteiger charge is -2.52. The van der Waals surface area contributed by atoms with Gasteiger partial charge in [0.15, 0.2) is 0 Å². The summed E-state index contributed by atoms with van der Waals surface area (Å²) >= 11 is 0. The largest absolute Gasteiger partial charge is 0.392 e. The summed E-state index contributed by atoms with van der Waals surface area (Å²) in [5.41, 5.74) is 0.0146. The zero-order valence-corrected chi connectivity index (χ0v) is 10.9. The van der Waals surface area contributed by atoms with Crippen LogP contribution in [-0.4, -0.2) is 23.4 Å². The van der Waals surface area contributed by atoms with Crippen LogP contribution in [0.5, 0.6) is 0 Å². The summed E-state index contributed by atoms with van der Waals surface area (Å²) in [4.78, 5) is 0. The Morgan fingerprint density at radius 1 is 1.31 bits per heavy atom. The van der Waals surface area contributed by atoms with Crippen molar-refractivity contribution in [1.29, 1.82) is 0 Å². The van der Waals surface area contributed by atoms with Crippen LogP contribution in [0.15, 0.2) is 0 Å². The van der Waals surface area contributed by atoms with E-state index in [9.17, 15) is 5.11 Å². The average molecular weight is 226 g/mol. The fourth-order valence-corrected chi connectivity index (χ4v) is 3.20. The minimum absolute atomic E-state index is 0.0146. The normalized spacial score (nSPS) is 48.8. The first-order valence-electron chi connectivity index (χ1n) is 6.89. The van der Waals surface area contributed by atoms with Crippen LogP contribution in [0.1, 0.15) is 59.3 Å². The average Bonchev–Trinajstić information content (AvgIpc) is 2.27. The van der Waals surface area contributed by atoms with E-state index >= 15 is 0 Å². The van der Waals surface area contributed by atoms with Crippen molar-refractivity contribution < 1.29 is 9.84 Å². The van der Waals surface area contributed by atoms with Gasteiger partial charge in [-0.05, 0) is 25.2 Å². The van der Waals surface area contributed by atoms with Gasteiger partial charge in [-0.1, -0.05) is 33.6 Å². The Balaban J connectivity index is 1.86. The molecule has 1 N–H and O–H groups in total. The molecule has 0 aromatic rings. The van der Waals surface area contributed by atoms with E-state index in [-0.39, 0.29) is 11.5 Å². The summed E-state index contributed by atoms with van der Waals surface area (Å²) in [5.74, 6) is 0.816. The van der Waals surface area contributed by atoms with Crippen molar-refractivity contribution in [1.82, 2.24) is 0 Å². The fraction of sp³-hybridized carbons (Fsp3) is 1.00. The molecule has 2 aliphatic rings. The molecule has 0 aromatic heterocycles. The second kappa shape index (κ2) is 4.66. The van der Waals surface area contributed by atoms with E-state index in [0.29, 0.717) is 12.2 Å². The molecule has 2 fully saturated rings. The molecule has 2 heteroatoms. The van der Waals surface area contributed by atoms with Gasteiger partial charge in [-0.3, -0.25) is 0 Å². The van der Waals surface area contributed by atoms with E-state index < -0.39 is 0 Å². The maximum absolute atomic E-state index is 9.84. The van der Waals surface area contributed by atoms with Crippen LogP contribution in [0.25, 0.3) is 0 Å². The lowest BCUT2D eigenvalue weighted by molar-refractivity contribution is -0.209. The summed E-state index contributed by atoms with van der Waals surface area (Å²) in [7, 11) is 0. The Bertz CT molecular complexity index is 241. The first-order chi connectivity index (χ1) is 7.56. The molecule has 2 rings (SSSR count). The van der Waals surface area contributed by atoms with E-state index in [1.165, 1.54) is 25.7 Å². The van der Waals surface area contributed by atoms with Gasteiger partial charge in [0.1, 0.15) is 0 Å². The molecule has 0 spiro atoms. The summed E-state index contributed by atoms with van der Waals surface area (Å²) in [5, 5.41) is 9.84. The second-order valence-electron chi connectivity index (χ2n) is 6.13. The molecular weight excluding hydrogens is 200 g/mol. The summed E-state index contributed by atoms with van der Waals surface area (Å²) < 4.78 is 6.21. The van der Waals surface area contributed by atoms with Crippen LogP contribution in [0, 0.1) is 11.3 Å². The van der Waals surface area contributed by atoms with Crippen LogP contribution in [-0.2, 0) is 4.74 Å². The summed E-state index contributed by atoms with van der Waals surface area (Å²) in [6.45, 7) is 6.64. The highest BCUT2D eigenvalue weighted by Gasteiger charge is 2.51. The van der Waals surface area contributed by atoms with Gasteiger partial charge < -0.3 is 9.84 Å². The van der Waals surface area contributed by atoms with E-state index in [0.717, 1.165) is 18.8 Å². The molecule has 0 aliphatic heterocycles. The molecule has 2 saturated carbocycles. The van der Waals surface area contributed by atoms with Crippen LogP contribution in [0.2, 0.25) is 0 Å². The lowest BCUT2D eigenvalue weighted by Crippen LogP contribution is -2.57. The lowest BCUT2D eigenvalue weighted by atomic mass is 9.63. The molecule has 0 radical (unpaired) electrons. The molecule has 0 bridgehead atoms. The maximum Gasteiger partial charge on any atom is 0.0681 e. The molecule has 0 saturated heterocycles. The SMILES string of the molecule is CCC1(C)C(O)CC1OC1CCCC(C)C1. The van der Waals surface area contributed by atoms with Crippen LogP contribution in [0.3, 0.4) is 0 Å². The molecular formula is C14H26O2. The predicted octanol–water partition coefficient (Wildman–Crippen LogP) is 3.13. The van der Waals surface area contributed by atoms with E-state index in [4.69, 9.17) is 4.74 Å². The first-order valence-corrected chi connectivity index (χ1v) is 6.89. The predicted molar refractivity (Wildman–Crippen MR) is 65.3 cm³/mol. The molecule has 16 heavy (non-hydrogen) atoms. The van der Waals surface area contributed by atoms with Gasteiger partial charge in [0.2, 0.25) is 0 Å². The fourth-order valence-electron chi connectivity index (χ4n) is 3.20. The standard InChI is InChI=1S/C14H26O2/c1-4-14(3)12(15)9-13(14)16-11-7-5-6-10(2)8-11/h10-13,15H,4-9H2,1-3H3. The Morgan fingerprint density at radius 3 is 2.62 bits per heavy atom. The third kappa shape index (κ3) is 2.14. The molecule has 2 aliphatic carbocycles. The highest BCUT2D eigenvalue weighted by Crippen LogP contribution is 2.47. The zero-order chi connectivity index (χ0) is 11.8. The van der Waals surface area contributed by atoms with Gasteiger partial charge in [0.05, 0.1) is 18.3 Å². The molecule has 2 nitrogen and oxygen atoms in total. The van der Waals surface area contributed by atoms with Crippen molar-refractivity contribution in [3.8, 4) is 0 Å². The zero-order valence-electron chi connectivity index (χ0n) is 10.9. The third-order valence-electron chi connectivity index (χ3n) is 4.94. The number of rotatable bonds is 3. The number of aliphatic hydroxyl groups excluding tert-OH is 1. The number of hydrogen-bond acceptors (Lipinski definition) is 2. The minimum Gasteiger partial charge on any atom is -0.392 e. The van der Waals surface area contributed by atoms with Crippen LogP contribution < -0.4 is 0 Å². The Kier molecular flexibility index (Phi) is 3.60. The minimum atomic E-state index is -0.150. The van der Waals surface area contributed by atoms with Gasteiger partial charge >= 0.3 is 0 Å². The number of hydrogen-bond donors (Lipinski definition) is 1. The van der Waals surface area contributed by atoms with Crippen molar-refractivity contribution in [3.05, 3.63) is 0 Å². The molecule has 5 atom stereocenters. The number of ether oxygens (including phenoxy) is 1. The highest BCUT2D eigenvalue weighted by molar-refractivity contribution is 5.01. The maximum atomic E-state index is 9.84. The molecule has 94 valence electrons. The van der Waals surface area contributed by atoms with Crippen LogP contribution in [0.4, 0.5) is 0 Å². The van der Waals surface area contributed by atoms with Gasteiger partial charge in [-0.2, -0.15) is 0 Å². The highest BCUT2D eigenvalue weighted by atomic mass is 16.5. The number of aliphatic hydroxyl groups is 1. The Morgan fingerprint density at radius 2 is 2.06 bits per heavy atom. The van der Waals surface area contributed by atoms with Gasteiger partial charge in [0.25, 0.3) is 0 Å². The topological polar surface area (TPSA) is 29.5 Å². The first kappa shape index (κ1) is 12.4. The van der Waals surface area contributed by atoms with E-state index in [1.807, 2.05) is 0 Å². The van der Waals surface area contributed by atoms with Gasteiger partial charge in [-0.25, -0.2) is 0 Å². The molecule has 0 amide bonds. The molecule has 0 heterocycles. The van der Waals surface area contributed by atoms with Crippen molar-refractivity contribution in [2.75, 3.05) is 0 Å². The van der Waals surface area contributed by atoms with Crippen molar-refractivity contribution >= 4 is 0 Å². The van der Waals surface area contributed by atoms with E-state index in [1.54, 1.807) is 0 Å². The third-order valence-corrected chi connectivity index (χ3v) is 4.94. The van der Waals surface area contributed by atoms with Gasteiger partial charge in [-0.15, -0.1) is 0 Å². The molecule has 0 aromatic carbocycles. The second-order valence-corrected chi connectivity index (χ2v) is 6.13.